The van der Waals surface area contributed by atoms with E-state index in [2.05, 4.69) is 0 Å². The van der Waals surface area contributed by atoms with E-state index >= 15 is 0 Å². The highest BCUT2D eigenvalue weighted by molar-refractivity contribution is 7.85. The number of rotatable bonds is 2. The Morgan fingerprint density at radius 1 is 0.864 bits per heavy atom. The highest BCUT2D eigenvalue weighted by atomic mass is 32.2. The van der Waals surface area contributed by atoms with Crippen LogP contribution >= 0.6 is 0 Å². The first-order chi connectivity index (χ1) is 10.4. The van der Waals surface area contributed by atoms with Gasteiger partial charge in [-0.25, -0.2) is 8.42 Å². The van der Waals surface area contributed by atoms with Gasteiger partial charge in [0.25, 0.3) is 0 Å². The molecule has 0 radical (unpaired) electrons. The molecule has 0 saturated heterocycles. The maximum Gasteiger partial charge on any atom is 0.195 e. The van der Waals surface area contributed by atoms with E-state index in [0.29, 0.717) is 6.29 Å². The Morgan fingerprint density at radius 3 is 2.00 bits per heavy atom. The lowest BCUT2D eigenvalue weighted by atomic mass is 9.82. The summed E-state index contributed by atoms with van der Waals surface area (Å²) in [6.45, 7) is 0. The Morgan fingerprint density at radius 2 is 1.41 bits per heavy atom. The van der Waals surface area contributed by atoms with Crippen molar-refractivity contribution in [2.75, 3.05) is 0 Å². The number of hydrogen-bond donors (Lipinski definition) is 0. The lowest BCUT2D eigenvalue weighted by molar-refractivity contribution is 0.0973. The zero-order chi connectivity index (χ0) is 16.1. The van der Waals surface area contributed by atoms with Crippen LogP contribution in [0.1, 0.15) is 42.2 Å². The fourth-order valence-electron chi connectivity index (χ4n) is 2.54. The molecule has 0 unspecified atom stereocenters. The standard InChI is InChI=1S/C15H8O6S/c16-7-8-3-1-4-9-12(8)14(17)10-5-2-6-11(22(19,20)21)13(10)15(9)18/h1-7H,(H,19,20,21)/p-1. The summed E-state index contributed by atoms with van der Waals surface area (Å²) in [5.41, 5.74) is -0.743. The predicted molar refractivity (Wildman–Crippen MR) is 73.1 cm³/mol. The molecule has 0 heterocycles. The SMILES string of the molecule is O=Cc1cccc2c1C(=O)c1cccc(S(=O)(=O)[O-])c1C2=O. The van der Waals surface area contributed by atoms with Gasteiger partial charge in [-0.15, -0.1) is 0 Å². The normalized spacial score (nSPS) is 13.5. The van der Waals surface area contributed by atoms with Gasteiger partial charge in [0.1, 0.15) is 10.1 Å². The zero-order valence-electron chi connectivity index (χ0n) is 10.9. The minimum atomic E-state index is -4.91. The van der Waals surface area contributed by atoms with E-state index in [0.717, 1.165) is 6.07 Å². The first-order valence-corrected chi connectivity index (χ1v) is 7.53. The van der Waals surface area contributed by atoms with Crippen molar-refractivity contribution in [3.05, 3.63) is 64.2 Å². The lowest BCUT2D eigenvalue weighted by Gasteiger charge is -2.21. The van der Waals surface area contributed by atoms with Crippen LogP contribution in [0.3, 0.4) is 0 Å². The molecule has 7 heteroatoms. The summed E-state index contributed by atoms with van der Waals surface area (Å²) in [5, 5.41) is 0. The van der Waals surface area contributed by atoms with Crippen LogP contribution in [0.25, 0.3) is 0 Å². The van der Waals surface area contributed by atoms with Gasteiger partial charge >= 0.3 is 0 Å². The van der Waals surface area contributed by atoms with E-state index in [1.807, 2.05) is 0 Å². The molecule has 0 aromatic heterocycles. The largest absolute Gasteiger partial charge is 0.744 e. The second-order valence-electron chi connectivity index (χ2n) is 4.68. The molecule has 0 saturated carbocycles. The van der Waals surface area contributed by atoms with E-state index in [9.17, 15) is 27.4 Å². The van der Waals surface area contributed by atoms with Gasteiger partial charge in [-0.2, -0.15) is 0 Å². The average molecular weight is 315 g/mol. The van der Waals surface area contributed by atoms with Gasteiger partial charge in [0.2, 0.25) is 0 Å². The average Bonchev–Trinajstić information content (AvgIpc) is 2.50. The van der Waals surface area contributed by atoms with Gasteiger partial charge in [0.15, 0.2) is 17.9 Å². The molecule has 110 valence electrons. The first kappa shape index (κ1) is 14.3. The van der Waals surface area contributed by atoms with Gasteiger partial charge in [-0.05, 0) is 6.07 Å². The van der Waals surface area contributed by atoms with Crippen LogP contribution in [0.2, 0.25) is 0 Å². The number of carbonyl (C=O) groups excluding carboxylic acids is 3. The highest BCUT2D eigenvalue weighted by Gasteiger charge is 2.34. The molecule has 22 heavy (non-hydrogen) atoms. The van der Waals surface area contributed by atoms with Crippen molar-refractivity contribution in [3.8, 4) is 0 Å². The number of ketones is 2. The quantitative estimate of drug-likeness (QED) is 0.519. The van der Waals surface area contributed by atoms with Gasteiger partial charge in [-0.1, -0.05) is 30.3 Å². The minimum Gasteiger partial charge on any atom is -0.744 e. The van der Waals surface area contributed by atoms with Gasteiger partial charge in [0, 0.05) is 22.3 Å². The molecule has 2 aromatic rings. The van der Waals surface area contributed by atoms with Crippen LogP contribution in [0, 0.1) is 0 Å². The fraction of sp³-hybridized carbons (Fsp3) is 0. The molecule has 2 aromatic carbocycles. The molecule has 1 aliphatic rings. The van der Waals surface area contributed by atoms with Crippen molar-refractivity contribution in [1.82, 2.24) is 0 Å². The van der Waals surface area contributed by atoms with Crippen molar-refractivity contribution in [1.29, 1.82) is 0 Å². The van der Waals surface area contributed by atoms with E-state index in [4.69, 9.17) is 0 Å². The molecule has 0 amide bonds. The Kier molecular flexibility index (Phi) is 3.05. The molecular weight excluding hydrogens is 308 g/mol. The molecular formula is C15H7O6S-. The maximum atomic E-state index is 12.5. The van der Waals surface area contributed by atoms with Crippen LogP contribution in [0.4, 0.5) is 0 Å². The van der Waals surface area contributed by atoms with Crippen LogP contribution in [0.5, 0.6) is 0 Å². The molecule has 1 aliphatic carbocycles. The number of carbonyl (C=O) groups is 3. The van der Waals surface area contributed by atoms with Crippen molar-refractivity contribution in [2.24, 2.45) is 0 Å². The van der Waals surface area contributed by atoms with Gasteiger partial charge < -0.3 is 4.55 Å². The summed E-state index contributed by atoms with van der Waals surface area (Å²) < 4.78 is 34.0. The van der Waals surface area contributed by atoms with Gasteiger partial charge in [-0.3, -0.25) is 14.4 Å². The lowest BCUT2D eigenvalue weighted by Crippen LogP contribution is -2.25. The Bertz CT molecular complexity index is 956. The van der Waals surface area contributed by atoms with Crippen LogP contribution in [-0.2, 0) is 10.1 Å². The third-order valence-electron chi connectivity index (χ3n) is 3.46. The summed E-state index contributed by atoms with van der Waals surface area (Å²) in [7, 11) is -4.91. The van der Waals surface area contributed by atoms with E-state index in [1.165, 1.54) is 30.3 Å². The van der Waals surface area contributed by atoms with E-state index in [1.54, 1.807) is 0 Å². The molecule has 0 N–H and O–H groups in total. The van der Waals surface area contributed by atoms with Crippen LogP contribution < -0.4 is 0 Å². The van der Waals surface area contributed by atoms with E-state index in [-0.39, 0.29) is 22.3 Å². The molecule has 0 bridgehead atoms. The maximum absolute atomic E-state index is 12.5. The fourth-order valence-corrected chi connectivity index (χ4v) is 3.24. The smallest absolute Gasteiger partial charge is 0.195 e. The summed E-state index contributed by atoms with van der Waals surface area (Å²) in [6, 6.07) is 7.57. The summed E-state index contributed by atoms with van der Waals surface area (Å²) in [4.78, 5) is 35.4. The summed E-state index contributed by atoms with van der Waals surface area (Å²) in [6.07, 6.45) is 0.448. The van der Waals surface area contributed by atoms with Crippen molar-refractivity contribution in [2.45, 2.75) is 4.90 Å². The zero-order valence-corrected chi connectivity index (χ0v) is 11.7. The Hall–Kier alpha value is -2.64. The molecule has 0 atom stereocenters. The first-order valence-electron chi connectivity index (χ1n) is 6.12. The monoisotopic (exact) mass is 315 g/mol. The molecule has 0 spiro atoms. The number of benzene rings is 2. The van der Waals surface area contributed by atoms with Crippen molar-refractivity contribution >= 4 is 28.0 Å². The van der Waals surface area contributed by atoms with Crippen molar-refractivity contribution < 1.29 is 27.4 Å². The second kappa shape index (κ2) is 4.69. The summed E-state index contributed by atoms with van der Waals surface area (Å²) >= 11 is 0. The molecule has 0 aliphatic heterocycles. The second-order valence-corrected chi connectivity index (χ2v) is 6.03. The van der Waals surface area contributed by atoms with Crippen LogP contribution in [0.15, 0.2) is 41.3 Å². The van der Waals surface area contributed by atoms with Gasteiger partial charge in [0.05, 0.1) is 10.5 Å². The Balaban J connectivity index is 2.42. The van der Waals surface area contributed by atoms with Crippen molar-refractivity contribution in [3.63, 3.8) is 0 Å². The molecule has 3 rings (SSSR count). The Labute approximate surface area is 125 Å². The minimum absolute atomic E-state index is 0.0388. The topological polar surface area (TPSA) is 108 Å². The third-order valence-corrected chi connectivity index (χ3v) is 4.34. The number of aldehydes is 1. The summed E-state index contributed by atoms with van der Waals surface area (Å²) in [5.74, 6) is -1.42. The molecule has 6 nitrogen and oxygen atoms in total. The molecule has 0 fully saturated rings. The predicted octanol–water partition coefficient (Wildman–Crippen LogP) is 1.18. The third kappa shape index (κ3) is 1.91. The number of fused-ring (bicyclic) bond motifs is 2. The highest BCUT2D eigenvalue weighted by Crippen LogP contribution is 2.32. The van der Waals surface area contributed by atoms with E-state index < -0.39 is 32.1 Å². The van der Waals surface area contributed by atoms with Crippen LogP contribution in [-0.4, -0.2) is 30.8 Å². The number of hydrogen-bond acceptors (Lipinski definition) is 6.